The standard InChI is InChI=1S/C36H32N8O2/c1-2-3-6-19-32-38-34-33(35(45)44(29-15-9-5-10-16-29)36(46)43(34)28-13-7-4-8-14-28)41(32)24-26-20-22-27(23-21-26)30-17-11-12-18-31(30)42-25-37-39-40-42/h4-5,7-18,20-23,25H,2-3,6,19,24H2,1H3. The van der Waals surface area contributed by atoms with E-state index in [9.17, 15) is 9.59 Å². The molecule has 228 valence electrons. The van der Waals surface area contributed by atoms with E-state index in [4.69, 9.17) is 4.98 Å². The van der Waals surface area contributed by atoms with Crippen LogP contribution in [0, 0.1) is 0 Å². The predicted molar refractivity (Wildman–Crippen MR) is 178 cm³/mol. The molecule has 3 heterocycles. The summed E-state index contributed by atoms with van der Waals surface area (Å²) >= 11 is 0. The van der Waals surface area contributed by atoms with Crippen LogP contribution in [0.15, 0.2) is 125 Å². The van der Waals surface area contributed by atoms with Crippen molar-refractivity contribution in [1.82, 2.24) is 38.9 Å². The first-order valence-electron chi connectivity index (χ1n) is 15.4. The predicted octanol–water partition coefficient (Wildman–Crippen LogP) is 5.76. The lowest BCUT2D eigenvalue weighted by atomic mass is 10.0. The van der Waals surface area contributed by atoms with Crippen LogP contribution in [0.3, 0.4) is 0 Å². The van der Waals surface area contributed by atoms with Gasteiger partial charge in [-0.05, 0) is 58.3 Å². The lowest BCUT2D eigenvalue weighted by Crippen LogP contribution is -2.39. The zero-order chi connectivity index (χ0) is 31.5. The maximum absolute atomic E-state index is 14.3. The Balaban J connectivity index is 1.39. The molecule has 0 spiro atoms. The van der Waals surface area contributed by atoms with Crippen LogP contribution in [-0.4, -0.2) is 38.9 Å². The second kappa shape index (κ2) is 12.6. The van der Waals surface area contributed by atoms with Crippen LogP contribution in [0.25, 0.3) is 39.4 Å². The zero-order valence-electron chi connectivity index (χ0n) is 25.4. The van der Waals surface area contributed by atoms with Crippen molar-refractivity contribution in [1.29, 1.82) is 0 Å². The van der Waals surface area contributed by atoms with E-state index in [2.05, 4.69) is 46.7 Å². The molecule has 0 radical (unpaired) electrons. The summed E-state index contributed by atoms with van der Waals surface area (Å²) < 4.78 is 6.45. The van der Waals surface area contributed by atoms with E-state index in [1.165, 1.54) is 4.57 Å². The van der Waals surface area contributed by atoms with Crippen molar-refractivity contribution in [2.45, 2.75) is 39.2 Å². The molecule has 0 aliphatic carbocycles. The first-order valence-corrected chi connectivity index (χ1v) is 15.4. The molecule has 0 aliphatic heterocycles. The summed E-state index contributed by atoms with van der Waals surface area (Å²) in [5, 5.41) is 11.6. The maximum Gasteiger partial charge on any atom is 0.342 e. The number of imidazole rings is 1. The Kier molecular flexibility index (Phi) is 7.91. The molecule has 0 bridgehead atoms. The minimum atomic E-state index is -0.453. The highest BCUT2D eigenvalue weighted by atomic mass is 16.2. The van der Waals surface area contributed by atoms with Crippen molar-refractivity contribution in [3.05, 3.63) is 148 Å². The number of benzene rings is 4. The number of fused-ring (bicyclic) bond motifs is 1. The molecule has 10 nitrogen and oxygen atoms in total. The van der Waals surface area contributed by atoms with E-state index in [0.717, 1.165) is 47.5 Å². The highest BCUT2D eigenvalue weighted by Gasteiger charge is 2.23. The van der Waals surface area contributed by atoms with Crippen LogP contribution in [0.2, 0.25) is 0 Å². The molecule has 0 atom stereocenters. The van der Waals surface area contributed by atoms with Gasteiger partial charge in [0, 0.05) is 18.5 Å². The topological polar surface area (TPSA) is 105 Å². The van der Waals surface area contributed by atoms with E-state index in [1.807, 2.05) is 77.4 Å². The lowest BCUT2D eigenvalue weighted by molar-refractivity contribution is 0.658. The van der Waals surface area contributed by atoms with E-state index in [0.29, 0.717) is 35.5 Å². The van der Waals surface area contributed by atoms with Gasteiger partial charge in [-0.1, -0.05) is 98.6 Å². The van der Waals surface area contributed by atoms with Crippen LogP contribution >= 0.6 is 0 Å². The second-order valence-electron chi connectivity index (χ2n) is 11.1. The number of nitrogens with zero attached hydrogens (tertiary/aromatic N) is 8. The van der Waals surface area contributed by atoms with E-state index < -0.39 is 5.69 Å². The molecule has 0 unspecified atom stereocenters. The molecule has 0 fully saturated rings. The molecule has 0 N–H and O–H groups in total. The number of unbranched alkanes of at least 4 members (excludes halogenated alkanes) is 2. The Labute approximate surface area is 264 Å². The van der Waals surface area contributed by atoms with Gasteiger partial charge in [-0.2, -0.15) is 4.68 Å². The summed E-state index contributed by atoms with van der Waals surface area (Å²) in [6.07, 6.45) is 5.29. The van der Waals surface area contributed by atoms with Gasteiger partial charge in [-0.25, -0.2) is 18.9 Å². The summed E-state index contributed by atoms with van der Waals surface area (Å²) in [6, 6.07) is 34.7. The summed E-state index contributed by atoms with van der Waals surface area (Å²) in [6.45, 7) is 2.58. The van der Waals surface area contributed by atoms with Crippen LogP contribution in [0.5, 0.6) is 0 Å². The van der Waals surface area contributed by atoms with Crippen molar-refractivity contribution < 1.29 is 0 Å². The monoisotopic (exact) mass is 608 g/mol. The Morgan fingerprint density at radius 2 is 1.39 bits per heavy atom. The van der Waals surface area contributed by atoms with Crippen LogP contribution in [0.4, 0.5) is 0 Å². The van der Waals surface area contributed by atoms with Crippen molar-refractivity contribution in [2.75, 3.05) is 0 Å². The van der Waals surface area contributed by atoms with Crippen LogP contribution in [-0.2, 0) is 13.0 Å². The Hall–Kier alpha value is -5.90. The first kappa shape index (κ1) is 28.8. The number of rotatable bonds is 10. The van der Waals surface area contributed by atoms with Crippen molar-refractivity contribution in [2.24, 2.45) is 0 Å². The quantitative estimate of drug-likeness (QED) is 0.183. The maximum atomic E-state index is 14.3. The molecular weight excluding hydrogens is 576 g/mol. The average Bonchev–Trinajstić information content (AvgIpc) is 3.76. The molecule has 46 heavy (non-hydrogen) atoms. The number of aromatic nitrogens is 8. The van der Waals surface area contributed by atoms with Gasteiger partial charge in [0.2, 0.25) is 0 Å². The van der Waals surface area contributed by atoms with Gasteiger partial charge in [0.15, 0.2) is 11.2 Å². The summed E-state index contributed by atoms with van der Waals surface area (Å²) in [4.78, 5) is 33.4. The summed E-state index contributed by atoms with van der Waals surface area (Å²) in [5.74, 6) is 0.781. The van der Waals surface area contributed by atoms with E-state index >= 15 is 0 Å². The number of tetrazole rings is 1. The minimum absolute atomic E-state index is 0.367. The normalized spacial score (nSPS) is 11.3. The fourth-order valence-electron chi connectivity index (χ4n) is 5.91. The SMILES string of the molecule is CCCCCc1nc2c(c(=O)n(-c3ccccc3)c(=O)n2-c2ccccc2)n1Cc1ccc(-c2ccccc2-n2cnnn2)cc1. The lowest BCUT2D eigenvalue weighted by Gasteiger charge is -2.14. The fraction of sp³-hybridized carbons (Fsp3) is 0.167. The van der Waals surface area contributed by atoms with Gasteiger partial charge in [0.1, 0.15) is 12.2 Å². The minimum Gasteiger partial charge on any atom is -0.318 e. The molecule has 7 rings (SSSR count). The van der Waals surface area contributed by atoms with Gasteiger partial charge in [-0.3, -0.25) is 4.79 Å². The summed E-state index contributed by atoms with van der Waals surface area (Å²) in [5.41, 5.74) is 4.96. The highest BCUT2D eigenvalue weighted by Crippen LogP contribution is 2.27. The van der Waals surface area contributed by atoms with Gasteiger partial charge in [0.25, 0.3) is 5.56 Å². The van der Waals surface area contributed by atoms with Crippen LogP contribution in [0.1, 0.15) is 37.6 Å². The molecule has 4 aromatic carbocycles. The third-order valence-corrected chi connectivity index (χ3v) is 8.17. The number of aryl methyl sites for hydroxylation is 1. The van der Waals surface area contributed by atoms with Crippen molar-refractivity contribution in [3.8, 4) is 28.2 Å². The number of hydrogen-bond donors (Lipinski definition) is 0. The largest absolute Gasteiger partial charge is 0.342 e. The molecule has 7 aromatic rings. The van der Waals surface area contributed by atoms with Gasteiger partial charge >= 0.3 is 5.69 Å². The van der Waals surface area contributed by atoms with Crippen LogP contribution < -0.4 is 11.2 Å². The molecule has 0 saturated heterocycles. The Morgan fingerprint density at radius 3 is 2.07 bits per heavy atom. The molecule has 0 aliphatic rings. The van der Waals surface area contributed by atoms with E-state index in [1.54, 1.807) is 27.7 Å². The Morgan fingerprint density at radius 1 is 0.717 bits per heavy atom. The molecule has 0 saturated carbocycles. The zero-order valence-corrected chi connectivity index (χ0v) is 25.4. The summed E-state index contributed by atoms with van der Waals surface area (Å²) in [7, 11) is 0. The third kappa shape index (κ3) is 5.34. The Bertz CT molecular complexity index is 2220. The van der Waals surface area contributed by atoms with Gasteiger partial charge in [0.05, 0.1) is 17.1 Å². The number of para-hydroxylation sites is 3. The highest BCUT2D eigenvalue weighted by molar-refractivity contribution is 5.75. The molecule has 0 amide bonds. The fourth-order valence-corrected chi connectivity index (χ4v) is 5.91. The van der Waals surface area contributed by atoms with Gasteiger partial charge < -0.3 is 4.57 Å². The average molecular weight is 609 g/mol. The first-order chi connectivity index (χ1) is 22.6. The second-order valence-corrected chi connectivity index (χ2v) is 11.1. The molecule has 3 aromatic heterocycles. The van der Waals surface area contributed by atoms with E-state index in [-0.39, 0.29) is 5.56 Å². The van der Waals surface area contributed by atoms with Crippen molar-refractivity contribution >= 4 is 11.2 Å². The third-order valence-electron chi connectivity index (χ3n) is 8.17. The molecular formula is C36H32N8O2. The smallest absolute Gasteiger partial charge is 0.318 e. The van der Waals surface area contributed by atoms with Crippen molar-refractivity contribution in [3.63, 3.8) is 0 Å². The number of hydrogen-bond acceptors (Lipinski definition) is 6. The molecule has 10 heteroatoms. The van der Waals surface area contributed by atoms with Gasteiger partial charge in [-0.15, -0.1) is 5.10 Å².